The smallest absolute Gasteiger partial charge is 0.0700 e. The van der Waals surface area contributed by atoms with Crippen LogP contribution in [0.25, 0.3) is 0 Å². The monoisotopic (exact) mass is 174 g/mol. The summed E-state index contributed by atoms with van der Waals surface area (Å²) in [6, 6.07) is 0. The van der Waals surface area contributed by atoms with Crippen molar-refractivity contribution in [1.29, 1.82) is 0 Å². The molecule has 0 aromatic carbocycles. The van der Waals surface area contributed by atoms with E-state index in [2.05, 4.69) is 0 Å². The lowest BCUT2D eigenvalue weighted by atomic mass is 10.4. The molecular weight excluding hydrogens is 160 g/mol. The molecule has 0 saturated carbocycles. The molecule has 0 heterocycles. The first-order valence-electron chi connectivity index (χ1n) is 3.48. The minimum Gasteiger partial charge on any atom is -0.389 e. The molecule has 0 amide bonds. The van der Waals surface area contributed by atoms with Crippen LogP contribution in [0.15, 0.2) is 23.0 Å². The Labute approximate surface area is 71.6 Å². The predicted octanol–water partition coefficient (Wildman–Crippen LogP) is 1.51. The van der Waals surface area contributed by atoms with Gasteiger partial charge in [-0.3, -0.25) is 0 Å². The Balaban J connectivity index is 3.41. The van der Waals surface area contributed by atoms with E-state index in [0.717, 1.165) is 0 Å². The van der Waals surface area contributed by atoms with Crippen LogP contribution in [-0.2, 0) is 0 Å². The van der Waals surface area contributed by atoms with E-state index in [1.807, 2.05) is 0 Å². The number of rotatable bonds is 4. The van der Waals surface area contributed by atoms with Gasteiger partial charge in [0.25, 0.3) is 0 Å². The molecule has 2 atom stereocenters. The zero-order valence-electron chi connectivity index (χ0n) is 6.77. The van der Waals surface area contributed by atoms with E-state index in [0.29, 0.717) is 0 Å². The maximum absolute atomic E-state index is 8.79. The number of thioether (sulfide) groups is 1. The summed E-state index contributed by atoms with van der Waals surface area (Å²) >= 11 is 1.43. The second-order valence-electron chi connectivity index (χ2n) is 2.27. The van der Waals surface area contributed by atoms with Crippen LogP contribution in [0.4, 0.5) is 0 Å². The molecule has 0 aliphatic rings. The van der Waals surface area contributed by atoms with Crippen molar-refractivity contribution in [1.82, 2.24) is 0 Å². The van der Waals surface area contributed by atoms with E-state index in [4.69, 9.17) is 10.2 Å². The van der Waals surface area contributed by atoms with Crippen LogP contribution in [0.3, 0.4) is 0 Å². The van der Waals surface area contributed by atoms with E-state index in [1.54, 1.807) is 36.8 Å². The van der Waals surface area contributed by atoms with Crippen molar-refractivity contribution in [2.45, 2.75) is 26.1 Å². The standard InChI is InChI=1S/C8H14O2S/c1-7(9)3-5-11-6-4-8(2)10/h3-10H,1-2H3/b5-3-,6-4-. The van der Waals surface area contributed by atoms with Gasteiger partial charge in [0.05, 0.1) is 12.2 Å². The fourth-order valence-corrected chi connectivity index (χ4v) is 1.09. The molecule has 2 unspecified atom stereocenters. The van der Waals surface area contributed by atoms with Gasteiger partial charge in [0, 0.05) is 0 Å². The molecule has 0 aromatic heterocycles. The van der Waals surface area contributed by atoms with Crippen LogP contribution in [0, 0.1) is 0 Å². The predicted molar refractivity (Wildman–Crippen MR) is 49.2 cm³/mol. The molecule has 0 bridgehead atoms. The van der Waals surface area contributed by atoms with E-state index in [1.165, 1.54) is 11.8 Å². The average molecular weight is 174 g/mol. The van der Waals surface area contributed by atoms with Crippen molar-refractivity contribution in [3.63, 3.8) is 0 Å². The van der Waals surface area contributed by atoms with E-state index >= 15 is 0 Å². The van der Waals surface area contributed by atoms with Crippen molar-refractivity contribution in [2.75, 3.05) is 0 Å². The maximum atomic E-state index is 8.79. The molecule has 11 heavy (non-hydrogen) atoms. The third-order valence-corrected chi connectivity index (χ3v) is 1.50. The fraction of sp³-hybridized carbons (Fsp3) is 0.500. The number of aliphatic hydroxyl groups is 2. The normalized spacial score (nSPS) is 17.8. The highest BCUT2D eigenvalue weighted by molar-refractivity contribution is 8.04. The number of hydrogen-bond acceptors (Lipinski definition) is 3. The third-order valence-electron chi connectivity index (χ3n) is 0.871. The van der Waals surface area contributed by atoms with Gasteiger partial charge in [-0.15, -0.1) is 11.8 Å². The lowest BCUT2D eigenvalue weighted by Gasteiger charge is -1.92. The zero-order chi connectivity index (χ0) is 8.69. The van der Waals surface area contributed by atoms with Crippen LogP contribution >= 0.6 is 11.8 Å². The van der Waals surface area contributed by atoms with Crippen LogP contribution in [0.1, 0.15) is 13.8 Å². The number of hydrogen-bond donors (Lipinski definition) is 2. The van der Waals surface area contributed by atoms with Crippen LogP contribution in [0.2, 0.25) is 0 Å². The van der Waals surface area contributed by atoms with Gasteiger partial charge in [0.15, 0.2) is 0 Å². The second kappa shape index (κ2) is 6.46. The topological polar surface area (TPSA) is 40.5 Å². The summed E-state index contributed by atoms with van der Waals surface area (Å²) in [5, 5.41) is 21.1. The van der Waals surface area contributed by atoms with Gasteiger partial charge in [0.1, 0.15) is 0 Å². The molecule has 0 aliphatic carbocycles. The van der Waals surface area contributed by atoms with Gasteiger partial charge in [-0.2, -0.15) is 0 Å². The summed E-state index contributed by atoms with van der Waals surface area (Å²) in [7, 11) is 0. The van der Waals surface area contributed by atoms with Crippen LogP contribution in [-0.4, -0.2) is 22.4 Å². The summed E-state index contributed by atoms with van der Waals surface area (Å²) in [6.45, 7) is 3.38. The van der Waals surface area contributed by atoms with Crippen molar-refractivity contribution in [2.24, 2.45) is 0 Å². The molecule has 0 aliphatic heterocycles. The summed E-state index contributed by atoms with van der Waals surface area (Å²) in [5.74, 6) is 0. The first-order chi connectivity index (χ1) is 5.13. The van der Waals surface area contributed by atoms with E-state index in [9.17, 15) is 0 Å². The van der Waals surface area contributed by atoms with Gasteiger partial charge in [-0.1, -0.05) is 0 Å². The van der Waals surface area contributed by atoms with E-state index in [-0.39, 0.29) is 0 Å². The van der Waals surface area contributed by atoms with E-state index < -0.39 is 12.2 Å². The lowest BCUT2D eigenvalue weighted by Crippen LogP contribution is -1.91. The highest BCUT2D eigenvalue weighted by atomic mass is 32.2. The molecular formula is C8H14O2S. The lowest BCUT2D eigenvalue weighted by molar-refractivity contribution is 0.244. The Morgan fingerprint density at radius 1 is 1.00 bits per heavy atom. The van der Waals surface area contributed by atoms with Crippen molar-refractivity contribution < 1.29 is 10.2 Å². The maximum Gasteiger partial charge on any atom is 0.0700 e. The van der Waals surface area contributed by atoms with Crippen LogP contribution in [0.5, 0.6) is 0 Å². The zero-order valence-corrected chi connectivity index (χ0v) is 7.58. The summed E-state index contributed by atoms with van der Waals surface area (Å²) in [4.78, 5) is 0. The summed E-state index contributed by atoms with van der Waals surface area (Å²) in [5.41, 5.74) is 0. The molecule has 0 spiro atoms. The highest BCUT2D eigenvalue weighted by Gasteiger charge is 1.84. The third kappa shape index (κ3) is 9.75. The van der Waals surface area contributed by atoms with Crippen molar-refractivity contribution >= 4 is 11.8 Å². The molecule has 0 rings (SSSR count). The Bertz CT molecular complexity index is 123. The fourth-order valence-electron chi connectivity index (χ4n) is 0.363. The minimum absolute atomic E-state index is 0.401. The molecule has 0 fully saturated rings. The quantitative estimate of drug-likeness (QED) is 0.678. The average Bonchev–Trinajstić information content (AvgIpc) is 1.85. The minimum atomic E-state index is -0.401. The molecule has 2 nitrogen and oxygen atoms in total. The largest absolute Gasteiger partial charge is 0.389 e. The Hall–Kier alpha value is -0.250. The molecule has 0 radical (unpaired) electrons. The van der Waals surface area contributed by atoms with Crippen LogP contribution < -0.4 is 0 Å². The highest BCUT2D eigenvalue weighted by Crippen LogP contribution is 2.05. The van der Waals surface area contributed by atoms with Gasteiger partial charge < -0.3 is 10.2 Å². The van der Waals surface area contributed by atoms with Gasteiger partial charge in [0.2, 0.25) is 0 Å². The first-order valence-corrected chi connectivity index (χ1v) is 4.42. The molecule has 2 N–H and O–H groups in total. The molecule has 3 heteroatoms. The number of aliphatic hydroxyl groups excluding tert-OH is 2. The second-order valence-corrected chi connectivity index (χ2v) is 3.09. The molecule has 64 valence electrons. The first kappa shape index (κ1) is 10.8. The Kier molecular flexibility index (Phi) is 6.31. The van der Waals surface area contributed by atoms with Gasteiger partial charge >= 0.3 is 0 Å². The van der Waals surface area contributed by atoms with Crippen molar-refractivity contribution in [3.8, 4) is 0 Å². The summed E-state index contributed by atoms with van der Waals surface area (Å²) < 4.78 is 0. The Morgan fingerprint density at radius 2 is 1.36 bits per heavy atom. The SMILES string of the molecule is CC(O)/C=C\S/C=C\C(C)O. The van der Waals surface area contributed by atoms with Gasteiger partial charge in [-0.05, 0) is 36.8 Å². The van der Waals surface area contributed by atoms with Gasteiger partial charge in [-0.25, -0.2) is 0 Å². The summed E-state index contributed by atoms with van der Waals surface area (Å²) in [6.07, 6.45) is 2.55. The molecule has 0 saturated heterocycles. The van der Waals surface area contributed by atoms with Crippen molar-refractivity contribution in [3.05, 3.63) is 23.0 Å². The molecule has 0 aromatic rings. The Morgan fingerprint density at radius 3 is 1.64 bits per heavy atom.